The fraction of sp³-hybridized carbons (Fsp3) is 0.500. The van der Waals surface area contributed by atoms with Crippen LogP contribution < -0.4 is 0 Å². The number of aryl methyl sites for hydroxylation is 1. The maximum Gasteiger partial charge on any atom is 0.406 e. The first kappa shape index (κ1) is 12.9. The number of aromatic nitrogens is 1. The number of nitrogens with zero attached hydrogens (tertiary/aromatic N) is 2. The molecule has 1 atom stereocenters. The molecule has 1 aliphatic rings. The van der Waals surface area contributed by atoms with Crippen molar-refractivity contribution in [2.45, 2.75) is 24.9 Å². The Hall–Kier alpha value is -1.59. The Morgan fingerprint density at radius 3 is 2.94 bits per heavy atom. The summed E-state index contributed by atoms with van der Waals surface area (Å²) in [4.78, 5) is 16.8. The highest BCUT2D eigenvalue weighted by Gasteiger charge is 2.36. The van der Waals surface area contributed by atoms with Crippen LogP contribution >= 0.6 is 0 Å². The molecule has 18 heavy (non-hydrogen) atoms. The van der Waals surface area contributed by atoms with E-state index in [1.54, 1.807) is 12.3 Å². The van der Waals surface area contributed by atoms with Gasteiger partial charge >= 0.3 is 6.18 Å². The van der Waals surface area contributed by atoms with Gasteiger partial charge in [0.05, 0.1) is 11.6 Å². The second kappa shape index (κ2) is 4.59. The Morgan fingerprint density at radius 2 is 2.28 bits per heavy atom. The molecule has 2 rings (SSSR count). The molecule has 3 nitrogen and oxygen atoms in total. The molecule has 0 N–H and O–H groups in total. The fourth-order valence-corrected chi connectivity index (χ4v) is 2.27. The Labute approximate surface area is 103 Å². The molecule has 0 aromatic carbocycles. The van der Waals surface area contributed by atoms with Crippen LogP contribution in [0.15, 0.2) is 18.3 Å². The normalized spacial score (nSPS) is 18.6. The molecular weight excluding hydrogens is 245 g/mol. The van der Waals surface area contributed by atoms with Crippen LogP contribution in [-0.2, 0) is 11.2 Å². The molecule has 98 valence electrons. The number of amides is 1. The minimum Gasteiger partial charge on any atom is -0.336 e. The van der Waals surface area contributed by atoms with Crippen LogP contribution in [0.1, 0.15) is 23.6 Å². The molecule has 1 aromatic heterocycles. The molecule has 0 bridgehead atoms. The van der Waals surface area contributed by atoms with E-state index < -0.39 is 24.5 Å². The summed E-state index contributed by atoms with van der Waals surface area (Å²) in [5.41, 5.74) is 1.58. The van der Waals surface area contributed by atoms with Crippen LogP contribution in [0.4, 0.5) is 13.2 Å². The summed E-state index contributed by atoms with van der Waals surface area (Å²) in [5.74, 6) is -1.04. The largest absolute Gasteiger partial charge is 0.406 e. The van der Waals surface area contributed by atoms with Crippen molar-refractivity contribution in [2.24, 2.45) is 0 Å². The van der Waals surface area contributed by atoms with E-state index in [0.29, 0.717) is 18.5 Å². The summed E-state index contributed by atoms with van der Waals surface area (Å²) in [5, 5.41) is 0. The molecule has 1 aromatic rings. The number of fused-ring (bicyclic) bond motifs is 1. The van der Waals surface area contributed by atoms with Crippen LogP contribution in [0.3, 0.4) is 0 Å². The average molecular weight is 258 g/mol. The Kier molecular flexibility index (Phi) is 3.28. The van der Waals surface area contributed by atoms with Gasteiger partial charge in [0.1, 0.15) is 6.54 Å². The Morgan fingerprint density at radius 1 is 1.56 bits per heavy atom. The van der Waals surface area contributed by atoms with Gasteiger partial charge in [0, 0.05) is 13.2 Å². The van der Waals surface area contributed by atoms with E-state index in [2.05, 4.69) is 4.98 Å². The summed E-state index contributed by atoms with van der Waals surface area (Å²) in [6, 6.07) is 3.63. The molecule has 1 heterocycles. The zero-order valence-electron chi connectivity index (χ0n) is 9.87. The standard InChI is InChI=1S/C12H13F3N2O/c1-17(7-12(13,14)15)11(18)9-5-4-8-3-2-6-16-10(8)9/h2-3,6,9H,4-5,7H2,1H3. The van der Waals surface area contributed by atoms with E-state index in [-0.39, 0.29) is 0 Å². The first-order valence-corrected chi connectivity index (χ1v) is 5.64. The smallest absolute Gasteiger partial charge is 0.336 e. The summed E-state index contributed by atoms with van der Waals surface area (Å²) < 4.78 is 36.7. The predicted molar refractivity (Wildman–Crippen MR) is 59.0 cm³/mol. The van der Waals surface area contributed by atoms with Crippen LogP contribution in [0.2, 0.25) is 0 Å². The van der Waals surface area contributed by atoms with Gasteiger partial charge in [0.25, 0.3) is 0 Å². The number of carbonyl (C=O) groups excluding carboxylic acids is 1. The van der Waals surface area contributed by atoms with E-state index in [1.807, 2.05) is 6.07 Å². The van der Waals surface area contributed by atoms with Crippen LogP contribution in [-0.4, -0.2) is 35.6 Å². The van der Waals surface area contributed by atoms with Gasteiger partial charge in [-0.2, -0.15) is 13.2 Å². The monoisotopic (exact) mass is 258 g/mol. The lowest BCUT2D eigenvalue weighted by atomic mass is 10.1. The van der Waals surface area contributed by atoms with E-state index in [0.717, 1.165) is 10.5 Å². The lowest BCUT2D eigenvalue weighted by Gasteiger charge is -2.22. The van der Waals surface area contributed by atoms with Crippen molar-refractivity contribution in [3.63, 3.8) is 0 Å². The van der Waals surface area contributed by atoms with Gasteiger partial charge in [-0.3, -0.25) is 9.78 Å². The average Bonchev–Trinajstić information content (AvgIpc) is 2.69. The van der Waals surface area contributed by atoms with Crippen LogP contribution in [0.5, 0.6) is 0 Å². The maximum atomic E-state index is 12.2. The number of hydrogen-bond acceptors (Lipinski definition) is 2. The quantitative estimate of drug-likeness (QED) is 0.814. The third-order valence-corrected chi connectivity index (χ3v) is 3.05. The minimum atomic E-state index is -4.37. The van der Waals surface area contributed by atoms with E-state index in [1.165, 1.54) is 7.05 Å². The highest BCUT2D eigenvalue weighted by atomic mass is 19.4. The molecule has 0 spiro atoms. The molecule has 0 radical (unpaired) electrons. The van der Waals surface area contributed by atoms with Crippen molar-refractivity contribution in [3.8, 4) is 0 Å². The van der Waals surface area contributed by atoms with Crippen molar-refractivity contribution >= 4 is 5.91 Å². The van der Waals surface area contributed by atoms with Gasteiger partial charge in [0.2, 0.25) is 5.91 Å². The van der Waals surface area contributed by atoms with Gasteiger partial charge in [-0.25, -0.2) is 0 Å². The fourth-order valence-electron chi connectivity index (χ4n) is 2.27. The minimum absolute atomic E-state index is 0.509. The van der Waals surface area contributed by atoms with Crippen LogP contribution in [0.25, 0.3) is 0 Å². The third kappa shape index (κ3) is 2.63. The van der Waals surface area contributed by atoms with Gasteiger partial charge < -0.3 is 4.90 Å². The molecular formula is C12H13F3N2O. The lowest BCUT2D eigenvalue weighted by Crippen LogP contribution is -2.38. The summed E-state index contributed by atoms with van der Waals surface area (Å²) in [7, 11) is 1.18. The number of carbonyl (C=O) groups is 1. The van der Waals surface area contributed by atoms with Gasteiger partial charge in [-0.15, -0.1) is 0 Å². The zero-order chi connectivity index (χ0) is 13.3. The van der Waals surface area contributed by atoms with Crippen LogP contribution in [0, 0.1) is 0 Å². The van der Waals surface area contributed by atoms with Gasteiger partial charge in [-0.1, -0.05) is 6.07 Å². The highest BCUT2D eigenvalue weighted by molar-refractivity contribution is 5.84. The maximum absolute atomic E-state index is 12.2. The summed E-state index contributed by atoms with van der Waals surface area (Å²) in [6.07, 6.45) is -1.57. The molecule has 0 saturated heterocycles. The van der Waals surface area contributed by atoms with E-state index >= 15 is 0 Å². The van der Waals surface area contributed by atoms with E-state index in [9.17, 15) is 18.0 Å². The Bertz CT molecular complexity index is 459. The molecule has 0 aliphatic heterocycles. The molecule has 0 fully saturated rings. The third-order valence-electron chi connectivity index (χ3n) is 3.05. The second-order valence-corrected chi connectivity index (χ2v) is 4.45. The molecule has 1 amide bonds. The van der Waals surface area contributed by atoms with Gasteiger partial charge in [-0.05, 0) is 24.5 Å². The molecule has 1 aliphatic carbocycles. The molecule has 0 saturated carbocycles. The number of pyridine rings is 1. The molecule has 6 heteroatoms. The number of rotatable bonds is 2. The first-order valence-electron chi connectivity index (χ1n) is 5.64. The Balaban J connectivity index is 2.12. The van der Waals surface area contributed by atoms with Crippen molar-refractivity contribution in [2.75, 3.05) is 13.6 Å². The van der Waals surface area contributed by atoms with Crippen molar-refractivity contribution < 1.29 is 18.0 Å². The predicted octanol–water partition coefficient (Wildman–Crippen LogP) is 2.13. The topological polar surface area (TPSA) is 33.2 Å². The number of likely N-dealkylation sites (N-methyl/N-ethyl adjacent to an activating group) is 1. The summed E-state index contributed by atoms with van der Waals surface area (Å²) in [6.45, 7) is -1.22. The first-order chi connectivity index (χ1) is 8.38. The van der Waals surface area contributed by atoms with E-state index in [4.69, 9.17) is 0 Å². The number of halogens is 3. The zero-order valence-corrected chi connectivity index (χ0v) is 9.87. The summed E-state index contributed by atoms with van der Waals surface area (Å²) >= 11 is 0. The van der Waals surface area contributed by atoms with Gasteiger partial charge in [0.15, 0.2) is 0 Å². The van der Waals surface area contributed by atoms with Crippen molar-refractivity contribution in [1.29, 1.82) is 0 Å². The SMILES string of the molecule is CN(CC(F)(F)F)C(=O)C1CCc2cccnc21. The molecule has 1 unspecified atom stereocenters. The second-order valence-electron chi connectivity index (χ2n) is 4.45. The number of hydrogen-bond donors (Lipinski definition) is 0. The van der Waals surface area contributed by atoms with Crippen molar-refractivity contribution in [3.05, 3.63) is 29.6 Å². The highest BCUT2D eigenvalue weighted by Crippen LogP contribution is 2.32. The lowest BCUT2D eigenvalue weighted by molar-refractivity contribution is -0.159. The number of alkyl halides is 3. The van der Waals surface area contributed by atoms with Crippen molar-refractivity contribution in [1.82, 2.24) is 9.88 Å².